The van der Waals surface area contributed by atoms with Crippen molar-refractivity contribution in [3.63, 3.8) is 0 Å². The van der Waals surface area contributed by atoms with Crippen molar-refractivity contribution in [3.05, 3.63) is 54.0 Å². The Morgan fingerprint density at radius 3 is 2.72 bits per heavy atom. The molecule has 2 aromatic rings. The van der Waals surface area contributed by atoms with E-state index in [-0.39, 0.29) is 36.1 Å². The van der Waals surface area contributed by atoms with E-state index in [4.69, 9.17) is 4.42 Å². The summed E-state index contributed by atoms with van der Waals surface area (Å²) in [5, 5.41) is 5.76. The van der Waals surface area contributed by atoms with E-state index in [1.54, 1.807) is 17.2 Å². The van der Waals surface area contributed by atoms with Gasteiger partial charge in [-0.2, -0.15) is 0 Å². The highest BCUT2D eigenvalue weighted by Gasteiger charge is 2.38. The molecule has 2 saturated heterocycles. The molecule has 2 N–H and O–H groups in total. The maximum atomic E-state index is 13.1. The molecule has 2 aliphatic heterocycles. The number of nitrogens with zero attached hydrogens (tertiary/aromatic N) is 2. The van der Waals surface area contributed by atoms with Crippen molar-refractivity contribution in [1.29, 1.82) is 0 Å². The van der Waals surface area contributed by atoms with Crippen molar-refractivity contribution < 1.29 is 18.8 Å². The van der Waals surface area contributed by atoms with E-state index in [9.17, 15) is 14.4 Å². The second-order valence-electron chi connectivity index (χ2n) is 8.75. The van der Waals surface area contributed by atoms with Gasteiger partial charge in [-0.05, 0) is 49.9 Å². The number of carbonyl (C=O) groups excluding carboxylic acids is 3. The van der Waals surface area contributed by atoms with Crippen LogP contribution in [0.3, 0.4) is 0 Å². The number of anilines is 1. The molecule has 8 heteroatoms. The molecule has 0 bridgehead atoms. The monoisotopic (exact) mass is 438 g/mol. The smallest absolute Gasteiger partial charge is 0.319 e. The number of rotatable bonds is 6. The van der Waals surface area contributed by atoms with Crippen LogP contribution in [-0.2, 0) is 16.1 Å². The third kappa shape index (κ3) is 5.49. The second-order valence-corrected chi connectivity index (χ2v) is 8.75. The number of benzene rings is 1. The van der Waals surface area contributed by atoms with E-state index in [0.717, 1.165) is 29.9 Å². The molecule has 0 saturated carbocycles. The summed E-state index contributed by atoms with van der Waals surface area (Å²) in [4.78, 5) is 41.2. The van der Waals surface area contributed by atoms with Crippen LogP contribution < -0.4 is 10.6 Å². The number of carbonyl (C=O) groups is 3. The quantitative estimate of drug-likeness (QED) is 0.725. The summed E-state index contributed by atoms with van der Waals surface area (Å²) in [6.45, 7) is 4.64. The molecule has 0 spiro atoms. The molecule has 170 valence electrons. The van der Waals surface area contributed by atoms with Gasteiger partial charge in [0.25, 0.3) is 0 Å². The van der Waals surface area contributed by atoms with E-state index < -0.39 is 0 Å². The predicted molar refractivity (Wildman–Crippen MR) is 120 cm³/mol. The Labute approximate surface area is 187 Å². The molecule has 8 nitrogen and oxygen atoms in total. The summed E-state index contributed by atoms with van der Waals surface area (Å²) in [5.74, 6) is 0.637. The van der Waals surface area contributed by atoms with Crippen molar-refractivity contribution in [1.82, 2.24) is 15.1 Å². The van der Waals surface area contributed by atoms with Gasteiger partial charge in [-0.15, -0.1) is 0 Å². The third-order valence-electron chi connectivity index (χ3n) is 6.18. The molecular formula is C24H30N4O4. The van der Waals surface area contributed by atoms with Crippen molar-refractivity contribution in [2.75, 3.05) is 31.5 Å². The van der Waals surface area contributed by atoms with Crippen molar-refractivity contribution >= 4 is 23.5 Å². The number of likely N-dealkylation sites (tertiary alicyclic amines) is 2. The number of furan rings is 1. The van der Waals surface area contributed by atoms with Crippen molar-refractivity contribution in [2.45, 2.75) is 32.7 Å². The predicted octanol–water partition coefficient (Wildman–Crippen LogP) is 3.00. The van der Waals surface area contributed by atoms with E-state index in [0.29, 0.717) is 32.7 Å². The minimum Gasteiger partial charge on any atom is -0.467 e. The summed E-state index contributed by atoms with van der Waals surface area (Å²) in [7, 11) is 0. The molecule has 2 atom stereocenters. The molecule has 0 aliphatic carbocycles. The number of urea groups is 1. The fraction of sp³-hybridized carbons (Fsp3) is 0.458. The van der Waals surface area contributed by atoms with E-state index >= 15 is 0 Å². The lowest BCUT2D eigenvalue weighted by Gasteiger charge is -2.34. The zero-order valence-electron chi connectivity index (χ0n) is 18.4. The van der Waals surface area contributed by atoms with Gasteiger partial charge in [0.2, 0.25) is 11.8 Å². The largest absolute Gasteiger partial charge is 0.467 e. The minimum atomic E-state index is -0.311. The molecule has 4 rings (SSSR count). The fourth-order valence-corrected chi connectivity index (χ4v) is 4.42. The fourth-order valence-electron chi connectivity index (χ4n) is 4.42. The summed E-state index contributed by atoms with van der Waals surface area (Å²) in [6.07, 6.45) is 3.69. The standard InChI is InChI=1S/C24H30N4O4/c1-17-6-8-20(9-7-17)26-24(31)25-13-18-4-2-10-27(14-18)23(30)19-12-22(29)28(15-19)16-21-5-3-11-32-21/h3,5-9,11,18-19H,2,4,10,12-16H2,1H3,(H2,25,26,31). The highest BCUT2D eigenvalue weighted by Crippen LogP contribution is 2.25. The summed E-state index contributed by atoms with van der Waals surface area (Å²) < 4.78 is 5.33. The second kappa shape index (κ2) is 9.89. The molecule has 4 amide bonds. The highest BCUT2D eigenvalue weighted by molar-refractivity contribution is 5.90. The van der Waals surface area contributed by atoms with Gasteiger partial charge in [-0.25, -0.2) is 4.79 Å². The van der Waals surface area contributed by atoms with Crippen LogP contribution in [-0.4, -0.2) is 53.8 Å². The number of piperidine rings is 1. The molecule has 2 aliphatic rings. The van der Waals surface area contributed by atoms with Crippen LogP contribution in [0, 0.1) is 18.8 Å². The van der Waals surface area contributed by atoms with Gasteiger partial charge >= 0.3 is 6.03 Å². The van der Waals surface area contributed by atoms with E-state index in [2.05, 4.69) is 10.6 Å². The lowest BCUT2D eigenvalue weighted by atomic mass is 9.96. The molecule has 0 radical (unpaired) electrons. The van der Waals surface area contributed by atoms with Crippen LogP contribution in [0.15, 0.2) is 47.1 Å². The topological polar surface area (TPSA) is 94.9 Å². The van der Waals surface area contributed by atoms with Crippen LogP contribution >= 0.6 is 0 Å². The van der Waals surface area contributed by atoms with Gasteiger partial charge in [-0.1, -0.05) is 17.7 Å². The normalized spacial score (nSPS) is 21.0. The minimum absolute atomic E-state index is 0.0113. The zero-order chi connectivity index (χ0) is 22.5. The van der Waals surface area contributed by atoms with Crippen LogP contribution in [0.2, 0.25) is 0 Å². The van der Waals surface area contributed by atoms with Gasteiger partial charge in [-0.3, -0.25) is 9.59 Å². The Morgan fingerprint density at radius 1 is 1.16 bits per heavy atom. The first kappa shape index (κ1) is 21.9. The van der Waals surface area contributed by atoms with Crippen molar-refractivity contribution in [2.24, 2.45) is 11.8 Å². The van der Waals surface area contributed by atoms with Gasteiger partial charge in [0.1, 0.15) is 5.76 Å². The summed E-state index contributed by atoms with van der Waals surface area (Å²) in [6, 6.07) is 11.0. The van der Waals surface area contributed by atoms with Gasteiger partial charge in [0, 0.05) is 38.3 Å². The first-order valence-corrected chi connectivity index (χ1v) is 11.2. The third-order valence-corrected chi connectivity index (χ3v) is 6.18. The number of aryl methyl sites for hydroxylation is 1. The van der Waals surface area contributed by atoms with E-state index in [1.807, 2.05) is 42.2 Å². The Morgan fingerprint density at radius 2 is 1.97 bits per heavy atom. The van der Waals surface area contributed by atoms with Gasteiger partial charge in [0.15, 0.2) is 0 Å². The Hall–Kier alpha value is -3.29. The summed E-state index contributed by atoms with van der Waals surface area (Å²) in [5.41, 5.74) is 1.88. The Kier molecular flexibility index (Phi) is 6.78. The molecule has 3 heterocycles. The zero-order valence-corrected chi connectivity index (χ0v) is 18.4. The Bertz CT molecular complexity index is 941. The van der Waals surface area contributed by atoms with Crippen LogP contribution in [0.5, 0.6) is 0 Å². The molecule has 1 aromatic carbocycles. The van der Waals surface area contributed by atoms with Gasteiger partial charge < -0.3 is 24.9 Å². The number of nitrogens with one attached hydrogen (secondary N) is 2. The van der Waals surface area contributed by atoms with Gasteiger partial charge in [0.05, 0.1) is 18.7 Å². The van der Waals surface area contributed by atoms with E-state index in [1.165, 1.54) is 0 Å². The first-order chi connectivity index (χ1) is 15.5. The average Bonchev–Trinajstić information content (AvgIpc) is 3.44. The van der Waals surface area contributed by atoms with Crippen LogP contribution in [0.25, 0.3) is 0 Å². The molecule has 1 aromatic heterocycles. The average molecular weight is 439 g/mol. The Balaban J connectivity index is 1.24. The first-order valence-electron chi connectivity index (χ1n) is 11.2. The van der Waals surface area contributed by atoms with Crippen molar-refractivity contribution in [3.8, 4) is 0 Å². The highest BCUT2D eigenvalue weighted by atomic mass is 16.3. The number of hydrogen-bond acceptors (Lipinski definition) is 4. The lowest BCUT2D eigenvalue weighted by molar-refractivity contribution is -0.137. The maximum absolute atomic E-state index is 13.1. The van der Waals surface area contributed by atoms with Crippen LogP contribution in [0.1, 0.15) is 30.6 Å². The summed E-state index contributed by atoms with van der Waals surface area (Å²) >= 11 is 0. The SMILES string of the molecule is Cc1ccc(NC(=O)NCC2CCCN(C(=O)C3CC(=O)N(Cc4ccco4)C3)C2)cc1. The lowest BCUT2D eigenvalue weighted by Crippen LogP contribution is -2.46. The maximum Gasteiger partial charge on any atom is 0.319 e. The molecular weight excluding hydrogens is 408 g/mol. The number of amides is 4. The molecule has 32 heavy (non-hydrogen) atoms. The van der Waals surface area contributed by atoms with Crippen LogP contribution in [0.4, 0.5) is 10.5 Å². The molecule has 2 fully saturated rings. The molecule has 2 unspecified atom stereocenters. The number of hydrogen-bond donors (Lipinski definition) is 2.